The van der Waals surface area contributed by atoms with E-state index >= 15 is 0 Å². The number of hydrogen-bond acceptors (Lipinski definition) is 2. The highest BCUT2D eigenvalue weighted by Gasteiger charge is 2.21. The van der Waals surface area contributed by atoms with Crippen molar-refractivity contribution < 1.29 is 9.90 Å². The van der Waals surface area contributed by atoms with Gasteiger partial charge in [0.15, 0.2) is 0 Å². The number of aromatic carboxylic acids is 1. The number of hydrogen-bond donors (Lipinski definition) is 1. The van der Waals surface area contributed by atoms with E-state index in [1.54, 1.807) is 38.2 Å². The Morgan fingerprint density at radius 3 is 2.56 bits per heavy atom. The van der Waals surface area contributed by atoms with E-state index in [9.17, 15) is 9.59 Å². The molecular formula is C12H11ClN2O3. The quantitative estimate of drug-likeness (QED) is 0.902. The van der Waals surface area contributed by atoms with Crippen molar-refractivity contribution in [3.63, 3.8) is 0 Å². The molecule has 94 valence electrons. The number of carboxylic acid groups (broad SMARTS) is 1. The van der Waals surface area contributed by atoms with Crippen molar-refractivity contribution in [2.24, 2.45) is 7.05 Å². The van der Waals surface area contributed by atoms with Gasteiger partial charge in [-0.3, -0.25) is 9.48 Å². The van der Waals surface area contributed by atoms with Crippen molar-refractivity contribution in [3.8, 4) is 5.69 Å². The van der Waals surface area contributed by atoms with E-state index in [1.165, 1.54) is 9.36 Å². The molecule has 2 aromatic rings. The van der Waals surface area contributed by atoms with Crippen LogP contribution in [0.3, 0.4) is 0 Å². The van der Waals surface area contributed by atoms with Gasteiger partial charge in [0.05, 0.1) is 11.4 Å². The monoisotopic (exact) mass is 266 g/mol. The van der Waals surface area contributed by atoms with Crippen LogP contribution in [0.5, 0.6) is 0 Å². The van der Waals surface area contributed by atoms with E-state index in [2.05, 4.69) is 0 Å². The average molecular weight is 267 g/mol. The van der Waals surface area contributed by atoms with Gasteiger partial charge in [0.25, 0.3) is 5.56 Å². The van der Waals surface area contributed by atoms with Crippen LogP contribution in [-0.4, -0.2) is 20.4 Å². The second kappa shape index (κ2) is 4.34. The van der Waals surface area contributed by atoms with Gasteiger partial charge < -0.3 is 5.11 Å². The normalized spacial score (nSPS) is 10.6. The molecule has 0 aliphatic rings. The van der Waals surface area contributed by atoms with Crippen LogP contribution >= 0.6 is 11.6 Å². The van der Waals surface area contributed by atoms with Gasteiger partial charge in [0.1, 0.15) is 5.56 Å². The Kier molecular flexibility index (Phi) is 3.00. The van der Waals surface area contributed by atoms with Crippen LogP contribution in [0.1, 0.15) is 16.1 Å². The molecule has 1 N–H and O–H groups in total. The van der Waals surface area contributed by atoms with Crippen LogP contribution in [0.15, 0.2) is 29.1 Å². The highest BCUT2D eigenvalue weighted by Crippen LogP contribution is 2.15. The zero-order valence-electron chi connectivity index (χ0n) is 9.85. The molecule has 0 amide bonds. The predicted molar refractivity (Wildman–Crippen MR) is 67.7 cm³/mol. The van der Waals surface area contributed by atoms with E-state index in [0.29, 0.717) is 16.4 Å². The third-order valence-corrected chi connectivity index (χ3v) is 3.06. The van der Waals surface area contributed by atoms with E-state index in [4.69, 9.17) is 16.7 Å². The maximum atomic E-state index is 12.1. The lowest BCUT2D eigenvalue weighted by atomic mass is 10.2. The minimum atomic E-state index is -1.23. The first-order valence-corrected chi connectivity index (χ1v) is 5.59. The first-order valence-electron chi connectivity index (χ1n) is 5.21. The summed E-state index contributed by atoms with van der Waals surface area (Å²) in [6.07, 6.45) is 0. The lowest BCUT2D eigenvalue weighted by Crippen LogP contribution is -2.22. The first kappa shape index (κ1) is 12.4. The van der Waals surface area contributed by atoms with Crippen LogP contribution in [0.2, 0.25) is 5.02 Å². The molecular weight excluding hydrogens is 256 g/mol. The summed E-state index contributed by atoms with van der Waals surface area (Å²) < 4.78 is 2.78. The summed E-state index contributed by atoms with van der Waals surface area (Å²) in [7, 11) is 1.63. The van der Waals surface area contributed by atoms with Gasteiger partial charge in [-0.1, -0.05) is 17.7 Å². The van der Waals surface area contributed by atoms with Gasteiger partial charge in [-0.2, -0.15) is 0 Å². The van der Waals surface area contributed by atoms with Gasteiger partial charge >= 0.3 is 5.97 Å². The van der Waals surface area contributed by atoms with Crippen molar-refractivity contribution in [3.05, 3.63) is 50.9 Å². The molecule has 1 aromatic heterocycles. The lowest BCUT2D eigenvalue weighted by Gasteiger charge is -2.08. The Balaban J connectivity index is 2.78. The van der Waals surface area contributed by atoms with Crippen LogP contribution in [0.25, 0.3) is 5.69 Å². The molecule has 0 fully saturated rings. The molecule has 5 nitrogen and oxygen atoms in total. The minimum Gasteiger partial charge on any atom is -0.477 e. The second-order valence-corrected chi connectivity index (χ2v) is 4.32. The highest BCUT2D eigenvalue weighted by molar-refractivity contribution is 6.30. The Bertz CT molecular complexity index is 685. The smallest absolute Gasteiger partial charge is 0.343 e. The summed E-state index contributed by atoms with van der Waals surface area (Å²) in [5, 5.41) is 9.51. The third kappa shape index (κ3) is 1.82. The lowest BCUT2D eigenvalue weighted by molar-refractivity contribution is 0.0694. The molecule has 0 saturated carbocycles. The molecule has 0 radical (unpaired) electrons. The summed E-state index contributed by atoms with van der Waals surface area (Å²) in [6.45, 7) is 1.59. The van der Waals surface area contributed by atoms with E-state index in [-0.39, 0.29) is 5.56 Å². The predicted octanol–water partition coefficient (Wildman–Crippen LogP) is 1.84. The number of nitrogens with zero attached hydrogens (tertiary/aromatic N) is 2. The van der Waals surface area contributed by atoms with Crippen LogP contribution in [0.4, 0.5) is 0 Å². The number of rotatable bonds is 2. The number of carbonyl (C=O) groups is 1. The summed E-state index contributed by atoms with van der Waals surface area (Å²) in [5.41, 5.74) is 0.139. The van der Waals surface area contributed by atoms with E-state index in [1.807, 2.05) is 0 Å². The maximum absolute atomic E-state index is 12.1. The zero-order chi connectivity index (χ0) is 13.4. The highest BCUT2D eigenvalue weighted by atomic mass is 35.5. The largest absolute Gasteiger partial charge is 0.477 e. The van der Waals surface area contributed by atoms with Crippen LogP contribution in [0, 0.1) is 6.92 Å². The zero-order valence-corrected chi connectivity index (χ0v) is 10.6. The molecule has 0 aliphatic carbocycles. The van der Waals surface area contributed by atoms with Crippen LogP contribution in [-0.2, 0) is 7.05 Å². The molecule has 0 bridgehead atoms. The molecule has 0 spiro atoms. The summed E-state index contributed by atoms with van der Waals surface area (Å²) in [6, 6.07) is 6.68. The Labute approximate surface area is 108 Å². The standard InChI is InChI=1S/C12H11ClN2O3/c1-7-10(12(17)18)11(16)15(14(7)2)9-5-3-4-8(13)6-9/h3-6H,1-2H3,(H,17,18). The van der Waals surface area contributed by atoms with Crippen LogP contribution < -0.4 is 5.56 Å². The Morgan fingerprint density at radius 1 is 1.39 bits per heavy atom. The molecule has 18 heavy (non-hydrogen) atoms. The fourth-order valence-corrected chi connectivity index (χ4v) is 2.04. The number of carboxylic acids is 1. The SMILES string of the molecule is Cc1c(C(=O)O)c(=O)n(-c2cccc(Cl)c2)n1C. The van der Waals surface area contributed by atoms with Crippen molar-refractivity contribution in [1.29, 1.82) is 0 Å². The minimum absolute atomic E-state index is 0.225. The summed E-state index contributed by atoms with van der Waals surface area (Å²) in [4.78, 5) is 23.1. The number of benzene rings is 1. The van der Waals surface area contributed by atoms with Crippen molar-refractivity contribution in [2.75, 3.05) is 0 Å². The van der Waals surface area contributed by atoms with Gasteiger partial charge in [-0.05, 0) is 25.1 Å². The van der Waals surface area contributed by atoms with Crippen molar-refractivity contribution >= 4 is 17.6 Å². The molecule has 0 unspecified atom stereocenters. The average Bonchev–Trinajstić information content (AvgIpc) is 2.50. The second-order valence-electron chi connectivity index (χ2n) is 3.89. The van der Waals surface area contributed by atoms with Crippen molar-refractivity contribution in [2.45, 2.75) is 6.92 Å². The Hall–Kier alpha value is -2.01. The summed E-state index contributed by atoms with van der Waals surface area (Å²) in [5.74, 6) is -1.23. The Morgan fingerprint density at radius 2 is 2.06 bits per heavy atom. The summed E-state index contributed by atoms with van der Waals surface area (Å²) >= 11 is 5.87. The van der Waals surface area contributed by atoms with Gasteiger partial charge in [0.2, 0.25) is 0 Å². The fourth-order valence-electron chi connectivity index (χ4n) is 1.85. The molecule has 0 aliphatic heterocycles. The molecule has 2 rings (SSSR count). The first-order chi connectivity index (χ1) is 8.43. The van der Waals surface area contributed by atoms with E-state index < -0.39 is 11.5 Å². The topological polar surface area (TPSA) is 64.2 Å². The molecule has 1 heterocycles. The molecule has 1 aromatic carbocycles. The van der Waals surface area contributed by atoms with Gasteiger partial charge in [-0.25, -0.2) is 9.48 Å². The maximum Gasteiger partial charge on any atom is 0.343 e. The van der Waals surface area contributed by atoms with Gasteiger partial charge in [0, 0.05) is 12.1 Å². The fraction of sp³-hybridized carbons (Fsp3) is 0.167. The molecule has 6 heteroatoms. The number of aromatic nitrogens is 2. The number of halogens is 1. The van der Waals surface area contributed by atoms with Gasteiger partial charge in [-0.15, -0.1) is 0 Å². The van der Waals surface area contributed by atoms with E-state index in [0.717, 1.165) is 0 Å². The molecule has 0 atom stereocenters. The molecule has 0 saturated heterocycles. The third-order valence-electron chi connectivity index (χ3n) is 2.82. The van der Waals surface area contributed by atoms with Crippen molar-refractivity contribution in [1.82, 2.24) is 9.36 Å².